The van der Waals surface area contributed by atoms with Gasteiger partial charge in [-0.1, -0.05) is 18.2 Å². The number of ether oxygens (including phenoxy) is 2. The molecule has 1 saturated heterocycles. The van der Waals surface area contributed by atoms with Crippen molar-refractivity contribution < 1.29 is 47.3 Å². The number of aromatic nitrogens is 1. The lowest BCUT2D eigenvalue weighted by Crippen LogP contribution is -2.55. The molecular formula is C31H34F3N3O7. The van der Waals surface area contributed by atoms with E-state index in [4.69, 9.17) is 24.6 Å². The number of aryl methyl sites for hydroxylation is 1. The summed E-state index contributed by atoms with van der Waals surface area (Å²) in [4.78, 5) is 38.7. The number of halogens is 3. The van der Waals surface area contributed by atoms with Gasteiger partial charge in [-0.2, -0.15) is 13.2 Å². The van der Waals surface area contributed by atoms with Gasteiger partial charge in [0.25, 0.3) is 5.91 Å². The van der Waals surface area contributed by atoms with Crippen LogP contribution in [0.5, 0.6) is 5.75 Å². The monoisotopic (exact) mass is 617 g/mol. The number of nitrogens with one attached hydrogen (secondary N) is 2. The van der Waals surface area contributed by atoms with E-state index in [-0.39, 0.29) is 17.9 Å². The van der Waals surface area contributed by atoms with E-state index in [1.807, 2.05) is 37.3 Å². The van der Waals surface area contributed by atoms with Crippen LogP contribution in [0.2, 0.25) is 0 Å². The predicted octanol–water partition coefficient (Wildman–Crippen LogP) is 5.24. The van der Waals surface area contributed by atoms with Crippen molar-refractivity contribution in [2.45, 2.75) is 75.8 Å². The van der Waals surface area contributed by atoms with E-state index in [0.717, 1.165) is 54.5 Å². The van der Waals surface area contributed by atoms with E-state index in [1.54, 1.807) is 29.7 Å². The van der Waals surface area contributed by atoms with Crippen LogP contribution in [0, 0.1) is 6.92 Å². The zero-order valence-electron chi connectivity index (χ0n) is 24.1. The molecule has 44 heavy (non-hydrogen) atoms. The Morgan fingerprint density at radius 3 is 2.27 bits per heavy atom. The van der Waals surface area contributed by atoms with Crippen molar-refractivity contribution in [3.05, 3.63) is 71.4 Å². The molecule has 2 fully saturated rings. The van der Waals surface area contributed by atoms with Gasteiger partial charge in [-0.15, -0.1) is 0 Å². The molecule has 236 valence electrons. The lowest BCUT2D eigenvalue weighted by Gasteiger charge is -2.44. The van der Waals surface area contributed by atoms with Crippen LogP contribution in [0.15, 0.2) is 54.6 Å². The highest BCUT2D eigenvalue weighted by Crippen LogP contribution is 2.44. The second kappa shape index (κ2) is 13.6. The SMILES string of the molecule is Cc1cc(COc2ccc(C(=O)N[C@]3(CC(=O)NO)CC[C@]4(CCCO4)CC3)cc2)c2ccccc2n1.O=C(O)C(F)(F)F. The minimum Gasteiger partial charge on any atom is -0.489 e. The molecule has 4 N–H and O–H groups in total. The molecule has 1 spiro atoms. The van der Waals surface area contributed by atoms with Gasteiger partial charge in [-0.3, -0.25) is 19.8 Å². The Bertz CT molecular complexity index is 1480. The Kier molecular flexibility index (Phi) is 10.1. The van der Waals surface area contributed by atoms with Gasteiger partial charge in [0.05, 0.1) is 17.5 Å². The van der Waals surface area contributed by atoms with Crippen LogP contribution >= 0.6 is 0 Å². The van der Waals surface area contributed by atoms with Gasteiger partial charge >= 0.3 is 12.1 Å². The Balaban J connectivity index is 0.000000566. The first kappa shape index (κ1) is 32.7. The maximum absolute atomic E-state index is 13.2. The number of pyridine rings is 1. The van der Waals surface area contributed by atoms with Crippen LogP contribution in [-0.2, 0) is 20.9 Å². The normalized spacial score (nSPS) is 21.3. The van der Waals surface area contributed by atoms with Crippen LogP contribution in [0.25, 0.3) is 10.9 Å². The first-order valence-electron chi connectivity index (χ1n) is 14.1. The average Bonchev–Trinajstić information content (AvgIpc) is 3.46. The zero-order valence-corrected chi connectivity index (χ0v) is 24.1. The molecule has 1 aliphatic heterocycles. The summed E-state index contributed by atoms with van der Waals surface area (Å²) >= 11 is 0. The lowest BCUT2D eigenvalue weighted by molar-refractivity contribution is -0.192. The third kappa shape index (κ3) is 8.23. The van der Waals surface area contributed by atoms with E-state index >= 15 is 0 Å². The molecule has 10 nitrogen and oxygen atoms in total. The highest BCUT2D eigenvalue weighted by molar-refractivity contribution is 5.95. The highest BCUT2D eigenvalue weighted by atomic mass is 19.4. The number of carbonyl (C=O) groups excluding carboxylic acids is 2. The quantitative estimate of drug-likeness (QED) is 0.208. The number of rotatable bonds is 7. The minimum atomic E-state index is -5.08. The number of carboxylic acids is 1. The van der Waals surface area contributed by atoms with Crippen LogP contribution in [0.3, 0.4) is 0 Å². The summed E-state index contributed by atoms with van der Waals surface area (Å²) in [7, 11) is 0. The average molecular weight is 618 g/mol. The molecule has 0 radical (unpaired) electrons. The molecule has 1 aromatic heterocycles. The van der Waals surface area contributed by atoms with E-state index in [9.17, 15) is 22.8 Å². The fourth-order valence-electron chi connectivity index (χ4n) is 5.72. The molecule has 5 rings (SSSR count). The van der Waals surface area contributed by atoms with Crippen molar-refractivity contribution in [1.29, 1.82) is 0 Å². The number of benzene rings is 2. The summed E-state index contributed by atoms with van der Waals surface area (Å²) < 4.78 is 43.8. The van der Waals surface area contributed by atoms with E-state index < -0.39 is 23.6 Å². The summed E-state index contributed by atoms with van der Waals surface area (Å²) in [5.41, 5.74) is 4.26. The van der Waals surface area contributed by atoms with Gasteiger partial charge in [0.15, 0.2) is 0 Å². The van der Waals surface area contributed by atoms with Crippen molar-refractivity contribution in [2.75, 3.05) is 6.61 Å². The summed E-state index contributed by atoms with van der Waals surface area (Å²) in [6.07, 6.45) is -0.212. The molecule has 2 heterocycles. The standard InChI is InChI=1S/C29H33N3O5.C2HF3O2/c1-20-17-22(24-5-2-3-6-25(24)30-20)19-36-23-9-7-21(8-10-23)27(34)31-28(18-26(33)32-35)12-14-29(15-13-28)11-4-16-37-29;3-2(4,5)1(6)7/h2-3,5-10,17,35H,4,11-16,18-19H2,1H3,(H,31,34)(H,32,33);(H,6,7)/t28-,29-;. The number of hydroxylamine groups is 1. The fraction of sp³-hybridized carbons (Fsp3) is 0.419. The summed E-state index contributed by atoms with van der Waals surface area (Å²) in [6, 6.07) is 17.0. The van der Waals surface area contributed by atoms with Gasteiger partial charge in [0.2, 0.25) is 5.91 Å². The number of nitrogens with zero attached hydrogens (tertiary/aromatic N) is 1. The molecule has 0 atom stereocenters. The van der Waals surface area contributed by atoms with Gasteiger partial charge in [0, 0.05) is 34.4 Å². The zero-order chi connectivity index (χ0) is 32.0. The van der Waals surface area contributed by atoms with Crippen molar-refractivity contribution in [1.82, 2.24) is 15.8 Å². The molecule has 3 aromatic rings. The van der Waals surface area contributed by atoms with Crippen LogP contribution < -0.4 is 15.5 Å². The topological polar surface area (TPSA) is 147 Å². The molecule has 2 aliphatic rings. The molecule has 2 aromatic carbocycles. The molecule has 2 amide bonds. The largest absolute Gasteiger partial charge is 0.490 e. The maximum Gasteiger partial charge on any atom is 0.490 e. The Morgan fingerprint density at radius 1 is 1.02 bits per heavy atom. The number of hydrogen-bond acceptors (Lipinski definition) is 7. The van der Waals surface area contributed by atoms with Crippen molar-refractivity contribution >= 4 is 28.7 Å². The molecule has 1 saturated carbocycles. The van der Waals surface area contributed by atoms with Gasteiger partial charge < -0.3 is 19.9 Å². The molecule has 13 heteroatoms. The Labute approximate surface area is 251 Å². The number of aliphatic carboxylic acids is 1. The second-order valence-electron chi connectivity index (χ2n) is 11.1. The number of amides is 2. The third-order valence-electron chi connectivity index (χ3n) is 7.99. The summed E-state index contributed by atoms with van der Waals surface area (Å²) in [6.45, 7) is 3.12. The van der Waals surface area contributed by atoms with Crippen LogP contribution in [0.1, 0.15) is 66.6 Å². The maximum atomic E-state index is 13.2. The number of fused-ring (bicyclic) bond motifs is 1. The van der Waals surface area contributed by atoms with Gasteiger partial charge in [-0.25, -0.2) is 10.3 Å². The van der Waals surface area contributed by atoms with Crippen LogP contribution in [-0.4, -0.2) is 57.0 Å². The number of hydrogen-bond donors (Lipinski definition) is 4. The Hall–Kier alpha value is -4.23. The van der Waals surface area contributed by atoms with E-state index in [1.165, 1.54) is 0 Å². The molecule has 0 bridgehead atoms. The van der Waals surface area contributed by atoms with Gasteiger partial charge in [0.1, 0.15) is 12.4 Å². The number of para-hydroxylation sites is 1. The Morgan fingerprint density at radius 2 is 1.68 bits per heavy atom. The van der Waals surface area contributed by atoms with Crippen molar-refractivity contribution in [3.8, 4) is 5.75 Å². The minimum absolute atomic E-state index is 0.0197. The number of carbonyl (C=O) groups is 3. The van der Waals surface area contributed by atoms with Crippen LogP contribution in [0.4, 0.5) is 13.2 Å². The van der Waals surface area contributed by atoms with E-state index in [0.29, 0.717) is 30.8 Å². The van der Waals surface area contributed by atoms with E-state index in [2.05, 4.69) is 10.3 Å². The fourth-order valence-corrected chi connectivity index (χ4v) is 5.72. The number of alkyl halides is 3. The molecule has 0 unspecified atom stereocenters. The first-order valence-corrected chi connectivity index (χ1v) is 14.1. The summed E-state index contributed by atoms with van der Waals surface area (Å²) in [5.74, 6) is -2.86. The first-order chi connectivity index (χ1) is 20.8. The third-order valence-corrected chi connectivity index (χ3v) is 7.99. The predicted molar refractivity (Wildman–Crippen MR) is 152 cm³/mol. The summed E-state index contributed by atoms with van der Waals surface area (Å²) in [5, 5.41) is 20.4. The number of carboxylic acid groups (broad SMARTS) is 1. The molecule has 1 aliphatic carbocycles. The smallest absolute Gasteiger partial charge is 0.489 e. The van der Waals surface area contributed by atoms with Crippen molar-refractivity contribution in [3.63, 3.8) is 0 Å². The second-order valence-corrected chi connectivity index (χ2v) is 11.1. The van der Waals surface area contributed by atoms with Crippen molar-refractivity contribution in [2.24, 2.45) is 0 Å². The highest BCUT2D eigenvalue weighted by Gasteiger charge is 2.46. The molecular weight excluding hydrogens is 583 g/mol. The van der Waals surface area contributed by atoms with Gasteiger partial charge in [-0.05, 0) is 81.8 Å². The lowest BCUT2D eigenvalue weighted by atomic mass is 9.71.